The minimum absolute atomic E-state index is 0.878. The molecule has 2 rings (SSSR count). The molecule has 1 heterocycles. The van der Waals surface area contributed by atoms with Crippen LogP contribution < -0.4 is 11.1 Å². The van der Waals surface area contributed by atoms with Crippen LogP contribution in [-0.2, 0) is 0 Å². The Labute approximate surface area is 84.8 Å². The summed E-state index contributed by atoms with van der Waals surface area (Å²) in [5.41, 5.74) is 10.6. The number of aryl methyl sites for hydroxylation is 1. The highest BCUT2D eigenvalue weighted by molar-refractivity contribution is 5.69. The summed E-state index contributed by atoms with van der Waals surface area (Å²) in [6.07, 6.45) is 3.37. The van der Waals surface area contributed by atoms with Crippen LogP contribution in [0.2, 0.25) is 0 Å². The van der Waals surface area contributed by atoms with Gasteiger partial charge in [-0.15, -0.1) is 0 Å². The van der Waals surface area contributed by atoms with Gasteiger partial charge in [-0.25, -0.2) is 0 Å². The van der Waals surface area contributed by atoms with Gasteiger partial charge in [-0.3, -0.25) is 0 Å². The second-order valence-corrected chi connectivity index (χ2v) is 3.75. The van der Waals surface area contributed by atoms with Gasteiger partial charge < -0.3 is 11.1 Å². The molecule has 0 atom stereocenters. The molecule has 1 aromatic carbocycles. The standard InChI is InChI=1S/C12H16N2/c1-9-8-11(2-3-12(9)13)10-4-6-14-7-5-10/h2-4,8,14H,5-7,13H2,1H3. The minimum atomic E-state index is 0.878. The van der Waals surface area contributed by atoms with Gasteiger partial charge in [0.25, 0.3) is 0 Å². The van der Waals surface area contributed by atoms with E-state index in [2.05, 4.69) is 30.4 Å². The molecular weight excluding hydrogens is 172 g/mol. The molecule has 0 radical (unpaired) electrons. The van der Waals surface area contributed by atoms with Crippen molar-refractivity contribution in [3.8, 4) is 0 Å². The summed E-state index contributed by atoms with van der Waals surface area (Å²) in [4.78, 5) is 0. The average Bonchev–Trinajstić information content (AvgIpc) is 2.23. The number of hydrogen-bond acceptors (Lipinski definition) is 2. The van der Waals surface area contributed by atoms with Crippen molar-refractivity contribution < 1.29 is 0 Å². The predicted octanol–water partition coefficient (Wildman–Crippen LogP) is 1.95. The Hall–Kier alpha value is -1.28. The molecule has 2 heteroatoms. The molecule has 0 amide bonds. The number of anilines is 1. The Morgan fingerprint density at radius 1 is 1.36 bits per heavy atom. The number of hydrogen-bond donors (Lipinski definition) is 2. The molecule has 0 saturated carbocycles. The summed E-state index contributed by atoms with van der Waals surface area (Å²) in [5, 5.41) is 3.31. The zero-order valence-corrected chi connectivity index (χ0v) is 8.51. The lowest BCUT2D eigenvalue weighted by Crippen LogP contribution is -2.20. The fourth-order valence-electron chi connectivity index (χ4n) is 1.76. The zero-order valence-electron chi connectivity index (χ0n) is 8.51. The van der Waals surface area contributed by atoms with Crippen molar-refractivity contribution in [2.24, 2.45) is 0 Å². The highest BCUT2D eigenvalue weighted by Gasteiger charge is 2.06. The van der Waals surface area contributed by atoms with Gasteiger partial charge in [-0.05, 0) is 48.7 Å². The Balaban J connectivity index is 2.32. The summed E-state index contributed by atoms with van der Waals surface area (Å²) in [7, 11) is 0. The van der Waals surface area contributed by atoms with Crippen LogP contribution in [-0.4, -0.2) is 13.1 Å². The quantitative estimate of drug-likeness (QED) is 0.661. The monoisotopic (exact) mass is 188 g/mol. The fraction of sp³-hybridized carbons (Fsp3) is 0.333. The van der Waals surface area contributed by atoms with Crippen molar-refractivity contribution in [2.75, 3.05) is 18.8 Å². The van der Waals surface area contributed by atoms with E-state index >= 15 is 0 Å². The zero-order chi connectivity index (χ0) is 9.97. The molecule has 2 nitrogen and oxygen atoms in total. The highest BCUT2D eigenvalue weighted by atomic mass is 14.8. The highest BCUT2D eigenvalue weighted by Crippen LogP contribution is 2.22. The lowest BCUT2D eigenvalue weighted by molar-refractivity contribution is 0.738. The third-order valence-electron chi connectivity index (χ3n) is 2.70. The lowest BCUT2D eigenvalue weighted by Gasteiger charge is -2.15. The summed E-state index contributed by atoms with van der Waals surface area (Å²) in [6.45, 7) is 4.12. The van der Waals surface area contributed by atoms with Crippen LogP contribution in [0.5, 0.6) is 0 Å². The molecule has 0 spiro atoms. The van der Waals surface area contributed by atoms with E-state index in [1.54, 1.807) is 0 Å². The van der Waals surface area contributed by atoms with E-state index in [1.807, 2.05) is 6.07 Å². The topological polar surface area (TPSA) is 38.0 Å². The fourth-order valence-corrected chi connectivity index (χ4v) is 1.76. The van der Waals surface area contributed by atoms with Crippen LogP contribution in [0.25, 0.3) is 5.57 Å². The second kappa shape index (κ2) is 3.84. The maximum atomic E-state index is 5.79. The van der Waals surface area contributed by atoms with Gasteiger partial charge in [-0.1, -0.05) is 12.1 Å². The van der Waals surface area contributed by atoms with Gasteiger partial charge in [0.15, 0.2) is 0 Å². The largest absolute Gasteiger partial charge is 0.399 e. The Morgan fingerprint density at radius 2 is 2.21 bits per heavy atom. The van der Waals surface area contributed by atoms with Gasteiger partial charge in [-0.2, -0.15) is 0 Å². The summed E-state index contributed by atoms with van der Waals surface area (Å²) < 4.78 is 0. The first kappa shape index (κ1) is 9.28. The third-order valence-corrected chi connectivity index (χ3v) is 2.70. The smallest absolute Gasteiger partial charge is 0.0344 e. The van der Waals surface area contributed by atoms with Crippen LogP contribution in [0.3, 0.4) is 0 Å². The third kappa shape index (κ3) is 1.80. The molecule has 0 unspecified atom stereocenters. The van der Waals surface area contributed by atoms with Crippen LogP contribution in [0.15, 0.2) is 24.3 Å². The van der Waals surface area contributed by atoms with E-state index in [0.717, 1.165) is 25.2 Å². The van der Waals surface area contributed by atoms with Crippen LogP contribution in [0.4, 0.5) is 5.69 Å². The first-order valence-corrected chi connectivity index (χ1v) is 5.03. The van der Waals surface area contributed by atoms with Crippen LogP contribution in [0.1, 0.15) is 17.5 Å². The van der Waals surface area contributed by atoms with E-state index in [1.165, 1.54) is 16.7 Å². The van der Waals surface area contributed by atoms with Crippen molar-refractivity contribution in [3.05, 3.63) is 35.4 Å². The Bertz CT molecular complexity index is 367. The van der Waals surface area contributed by atoms with E-state index in [4.69, 9.17) is 5.73 Å². The molecule has 3 N–H and O–H groups in total. The van der Waals surface area contributed by atoms with Crippen LogP contribution >= 0.6 is 0 Å². The molecule has 1 aromatic rings. The van der Waals surface area contributed by atoms with E-state index in [9.17, 15) is 0 Å². The molecule has 0 aliphatic carbocycles. The number of rotatable bonds is 1. The summed E-state index contributed by atoms with van der Waals surface area (Å²) in [6, 6.07) is 6.28. The Kier molecular flexibility index (Phi) is 2.55. The molecule has 0 fully saturated rings. The molecule has 0 bridgehead atoms. The predicted molar refractivity (Wildman–Crippen MR) is 61.1 cm³/mol. The molecule has 1 aliphatic rings. The van der Waals surface area contributed by atoms with Gasteiger partial charge in [0, 0.05) is 12.2 Å². The molecular formula is C12H16N2. The molecule has 1 aliphatic heterocycles. The number of nitrogen functional groups attached to an aromatic ring is 1. The van der Waals surface area contributed by atoms with E-state index < -0.39 is 0 Å². The number of nitrogens with one attached hydrogen (secondary N) is 1. The van der Waals surface area contributed by atoms with Crippen LogP contribution in [0, 0.1) is 6.92 Å². The van der Waals surface area contributed by atoms with Gasteiger partial charge in [0.05, 0.1) is 0 Å². The minimum Gasteiger partial charge on any atom is -0.399 e. The van der Waals surface area contributed by atoms with Crippen molar-refractivity contribution >= 4 is 11.3 Å². The summed E-state index contributed by atoms with van der Waals surface area (Å²) >= 11 is 0. The Morgan fingerprint density at radius 3 is 2.86 bits per heavy atom. The van der Waals surface area contributed by atoms with Crippen molar-refractivity contribution in [3.63, 3.8) is 0 Å². The SMILES string of the molecule is Cc1cc(C2=CCNCC2)ccc1N. The molecule has 14 heavy (non-hydrogen) atoms. The first-order valence-electron chi connectivity index (χ1n) is 5.03. The molecule has 0 saturated heterocycles. The first-order chi connectivity index (χ1) is 6.77. The maximum Gasteiger partial charge on any atom is 0.0344 e. The van der Waals surface area contributed by atoms with Crippen molar-refractivity contribution in [1.29, 1.82) is 0 Å². The second-order valence-electron chi connectivity index (χ2n) is 3.75. The van der Waals surface area contributed by atoms with E-state index in [-0.39, 0.29) is 0 Å². The maximum absolute atomic E-state index is 5.79. The lowest BCUT2D eigenvalue weighted by atomic mass is 9.98. The van der Waals surface area contributed by atoms with Crippen molar-refractivity contribution in [1.82, 2.24) is 5.32 Å². The van der Waals surface area contributed by atoms with Crippen molar-refractivity contribution in [2.45, 2.75) is 13.3 Å². The van der Waals surface area contributed by atoms with E-state index in [0.29, 0.717) is 0 Å². The van der Waals surface area contributed by atoms with Gasteiger partial charge in [0.2, 0.25) is 0 Å². The average molecular weight is 188 g/mol. The van der Waals surface area contributed by atoms with Gasteiger partial charge in [0.1, 0.15) is 0 Å². The normalized spacial score (nSPS) is 16.5. The number of benzene rings is 1. The molecule has 74 valence electrons. The molecule has 0 aromatic heterocycles. The number of nitrogens with two attached hydrogens (primary N) is 1. The van der Waals surface area contributed by atoms with Gasteiger partial charge >= 0.3 is 0 Å². The summed E-state index contributed by atoms with van der Waals surface area (Å²) in [5.74, 6) is 0.